The van der Waals surface area contributed by atoms with E-state index in [-0.39, 0.29) is 17.7 Å². The average Bonchev–Trinajstić information content (AvgIpc) is 2.70. The van der Waals surface area contributed by atoms with Gasteiger partial charge in [-0.1, -0.05) is 0 Å². The second-order valence-electron chi connectivity index (χ2n) is 4.85. The van der Waals surface area contributed by atoms with E-state index in [1.165, 1.54) is 0 Å². The molecule has 0 aliphatic carbocycles. The lowest BCUT2D eigenvalue weighted by molar-refractivity contribution is -0.134. The molecule has 1 atom stereocenters. The van der Waals surface area contributed by atoms with Crippen molar-refractivity contribution < 1.29 is 9.59 Å². The number of piperidine rings is 1. The van der Waals surface area contributed by atoms with Crippen molar-refractivity contribution in [3.05, 3.63) is 23.5 Å². The molecule has 98 valence electrons. The first-order valence-electron chi connectivity index (χ1n) is 6.19. The molecule has 6 nitrogen and oxygen atoms in total. The monoisotopic (exact) mass is 258 g/mol. The molecule has 2 aromatic rings. The number of aryl methyl sites for hydroxylation is 2. The summed E-state index contributed by atoms with van der Waals surface area (Å²) in [6.07, 6.45) is 2.65. The van der Waals surface area contributed by atoms with Crippen LogP contribution in [0.2, 0.25) is 0 Å². The van der Waals surface area contributed by atoms with Crippen LogP contribution in [0.15, 0.2) is 12.3 Å². The average molecular weight is 258 g/mol. The van der Waals surface area contributed by atoms with Crippen LogP contribution in [0.25, 0.3) is 11.0 Å². The van der Waals surface area contributed by atoms with E-state index >= 15 is 0 Å². The molecule has 0 saturated carbocycles. The fraction of sp³-hybridized carbons (Fsp3) is 0.385. The summed E-state index contributed by atoms with van der Waals surface area (Å²) in [4.78, 5) is 27.6. The Bertz CT molecular complexity index is 689. The van der Waals surface area contributed by atoms with Gasteiger partial charge in [0.2, 0.25) is 11.8 Å². The number of imide groups is 1. The minimum Gasteiger partial charge on any atom is -0.296 e. The number of fused-ring (bicyclic) bond motifs is 1. The standard InChI is InChI=1S/C13H14N4O2/c1-7-10(9-3-4-11(18)16-13(9)19)5-8-6-14-17(2)12(8)15-7/h5-6,9H,3-4H2,1-2H3,(H,16,18,19). The SMILES string of the molecule is Cc1nc2c(cnn2C)cc1C1CCC(=O)NC1=O. The zero-order valence-electron chi connectivity index (χ0n) is 10.8. The van der Waals surface area contributed by atoms with Gasteiger partial charge < -0.3 is 0 Å². The minimum absolute atomic E-state index is 0.200. The maximum absolute atomic E-state index is 11.9. The molecule has 1 saturated heterocycles. The second kappa shape index (κ2) is 4.15. The van der Waals surface area contributed by atoms with Crippen LogP contribution in [-0.4, -0.2) is 26.6 Å². The van der Waals surface area contributed by atoms with E-state index in [1.54, 1.807) is 10.9 Å². The smallest absolute Gasteiger partial charge is 0.234 e. The number of aromatic nitrogens is 3. The van der Waals surface area contributed by atoms with Crippen LogP contribution in [0.3, 0.4) is 0 Å². The Hall–Kier alpha value is -2.24. The van der Waals surface area contributed by atoms with Crippen LogP contribution in [0.5, 0.6) is 0 Å². The van der Waals surface area contributed by atoms with E-state index in [0.29, 0.717) is 12.8 Å². The Labute approximate surface area is 109 Å². The van der Waals surface area contributed by atoms with Crippen molar-refractivity contribution in [2.24, 2.45) is 7.05 Å². The number of hydrogen-bond acceptors (Lipinski definition) is 4. The van der Waals surface area contributed by atoms with E-state index in [0.717, 1.165) is 22.3 Å². The minimum atomic E-state index is -0.296. The van der Waals surface area contributed by atoms with Gasteiger partial charge >= 0.3 is 0 Å². The molecule has 0 spiro atoms. The fourth-order valence-electron chi connectivity index (χ4n) is 2.53. The molecule has 1 aliphatic heterocycles. The van der Waals surface area contributed by atoms with Gasteiger partial charge in [0.05, 0.1) is 12.1 Å². The molecule has 0 aromatic carbocycles. The van der Waals surface area contributed by atoms with Crippen LogP contribution in [-0.2, 0) is 16.6 Å². The number of amides is 2. The molecule has 0 bridgehead atoms. The van der Waals surface area contributed by atoms with Gasteiger partial charge in [-0.25, -0.2) is 4.98 Å². The summed E-state index contributed by atoms with van der Waals surface area (Å²) in [5.41, 5.74) is 2.49. The predicted octanol–water partition coefficient (Wildman–Crippen LogP) is 0.797. The molecular weight excluding hydrogens is 244 g/mol. The van der Waals surface area contributed by atoms with Gasteiger partial charge in [0, 0.05) is 24.5 Å². The molecular formula is C13H14N4O2. The maximum Gasteiger partial charge on any atom is 0.234 e. The van der Waals surface area contributed by atoms with E-state index in [2.05, 4.69) is 15.4 Å². The summed E-state index contributed by atoms with van der Waals surface area (Å²) in [5, 5.41) is 7.45. The topological polar surface area (TPSA) is 76.9 Å². The third-order valence-corrected chi connectivity index (χ3v) is 3.55. The first-order chi connectivity index (χ1) is 9.06. The lowest BCUT2D eigenvalue weighted by Crippen LogP contribution is -2.39. The van der Waals surface area contributed by atoms with Crippen molar-refractivity contribution in [3.8, 4) is 0 Å². The van der Waals surface area contributed by atoms with Gasteiger partial charge in [0.1, 0.15) is 0 Å². The first kappa shape index (κ1) is 11.8. The van der Waals surface area contributed by atoms with Crippen molar-refractivity contribution in [2.75, 3.05) is 0 Å². The molecule has 3 rings (SSSR count). The molecule has 1 N–H and O–H groups in total. The van der Waals surface area contributed by atoms with Crippen LogP contribution in [0, 0.1) is 6.92 Å². The highest BCUT2D eigenvalue weighted by molar-refractivity contribution is 6.01. The number of carbonyl (C=O) groups excluding carboxylic acids is 2. The molecule has 6 heteroatoms. The van der Waals surface area contributed by atoms with Crippen molar-refractivity contribution >= 4 is 22.8 Å². The first-order valence-corrected chi connectivity index (χ1v) is 6.19. The molecule has 0 radical (unpaired) electrons. The number of nitrogens with zero attached hydrogens (tertiary/aromatic N) is 3. The van der Waals surface area contributed by atoms with Gasteiger partial charge in [-0.3, -0.25) is 19.6 Å². The normalized spacial score (nSPS) is 19.8. The van der Waals surface area contributed by atoms with E-state index in [4.69, 9.17) is 0 Å². The largest absolute Gasteiger partial charge is 0.296 e. The molecule has 1 aliphatic rings. The lowest BCUT2D eigenvalue weighted by atomic mass is 9.89. The van der Waals surface area contributed by atoms with Crippen molar-refractivity contribution in [1.82, 2.24) is 20.1 Å². The van der Waals surface area contributed by atoms with Gasteiger partial charge in [-0.05, 0) is 25.0 Å². The molecule has 19 heavy (non-hydrogen) atoms. The fourth-order valence-corrected chi connectivity index (χ4v) is 2.53. The number of pyridine rings is 1. The molecule has 3 heterocycles. The Kier molecular flexibility index (Phi) is 2.58. The highest BCUT2D eigenvalue weighted by Gasteiger charge is 2.29. The summed E-state index contributed by atoms with van der Waals surface area (Å²) in [6.45, 7) is 1.88. The van der Waals surface area contributed by atoms with Crippen LogP contribution in [0.1, 0.15) is 30.0 Å². The summed E-state index contributed by atoms with van der Waals surface area (Å²) < 4.78 is 1.70. The molecule has 2 aromatic heterocycles. The quantitative estimate of drug-likeness (QED) is 0.767. The highest BCUT2D eigenvalue weighted by Crippen LogP contribution is 2.28. The lowest BCUT2D eigenvalue weighted by Gasteiger charge is -2.22. The van der Waals surface area contributed by atoms with E-state index < -0.39 is 0 Å². The third kappa shape index (κ3) is 1.89. The van der Waals surface area contributed by atoms with Gasteiger partial charge in [0.25, 0.3) is 0 Å². The molecule has 1 fully saturated rings. The Balaban J connectivity index is 2.07. The van der Waals surface area contributed by atoms with Crippen molar-refractivity contribution in [1.29, 1.82) is 0 Å². The third-order valence-electron chi connectivity index (χ3n) is 3.55. The van der Waals surface area contributed by atoms with Gasteiger partial charge in [0.15, 0.2) is 5.65 Å². The van der Waals surface area contributed by atoms with Gasteiger partial charge in [-0.2, -0.15) is 5.10 Å². The van der Waals surface area contributed by atoms with Gasteiger partial charge in [-0.15, -0.1) is 0 Å². The van der Waals surface area contributed by atoms with Crippen LogP contribution < -0.4 is 5.32 Å². The molecule has 1 unspecified atom stereocenters. The Morgan fingerprint density at radius 2 is 2.21 bits per heavy atom. The summed E-state index contributed by atoms with van der Waals surface area (Å²) in [7, 11) is 1.83. The number of hydrogen-bond donors (Lipinski definition) is 1. The highest BCUT2D eigenvalue weighted by atomic mass is 16.2. The van der Waals surface area contributed by atoms with Crippen molar-refractivity contribution in [2.45, 2.75) is 25.7 Å². The number of rotatable bonds is 1. The summed E-state index contributed by atoms with van der Waals surface area (Å²) in [6, 6.07) is 1.95. The number of carbonyl (C=O) groups is 2. The van der Waals surface area contributed by atoms with Crippen LogP contribution >= 0.6 is 0 Å². The second-order valence-corrected chi connectivity index (χ2v) is 4.85. The van der Waals surface area contributed by atoms with Crippen molar-refractivity contribution in [3.63, 3.8) is 0 Å². The summed E-state index contributed by atoms with van der Waals surface area (Å²) >= 11 is 0. The van der Waals surface area contributed by atoms with E-state index in [1.807, 2.05) is 20.0 Å². The van der Waals surface area contributed by atoms with E-state index in [9.17, 15) is 9.59 Å². The Morgan fingerprint density at radius 3 is 2.95 bits per heavy atom. The summed E-state index contributed by atoms with van der Waals surface area (Å²) in [5.74, 6) is -0.728. The van der Waals surface area contributed by atoms with Crippen LogP contribution in [0.4, 0.5) is 0 Å². The zero-order valence-corrected chi connectivity index (χ0v) is 10.8. The zero-order chi connectivity index (χ0) is 13.6. The maximum atomic E-state index is 11.9. The Morgan fingerprint density at radius 1 is 1.42 bits per heavy atom. The predicted molar refractivity (Wildman–Crippen MR) is 68.4 cm³/mol. The number of nitrogens with one attached hydrogen (secondary N) is 1. The molecule has 2 amide bonds.